The van der Waals surface area contributed by atoms with Gasteiger partial charge in [-0.25, -0.2) is 9.18 Å². The highest BCUT2D eigenvalue weighted by molar-refractivity contribution is 7.84. The molecule has 2 aromatic carbocycles. The van der Waals surface area contributed by atoms with Crippen LogP contribution in [0.5, 0.6) is 0 Å². The summed E-state index contributed by atoms with van der Waals surface area (Å²) >= 11 is 6.23. The first kappa shape index (κ1) is 31.4. The number of hydrogen-bond acceptors (Lipinski definition) is 6. The summed E-state index contributed by atoms with van der Waals surface area (Å²) < 4.78 is 29.1. The van der Waals surface area contributed by atoms with Crippen LogP contribution >= 0.6 is 11.6 Å². The first-order chi connectivity index (χ1) is 20.0. The Morgan fingerprint density at radius 1 is 1.24 bits per heavy atom. The van der Waals surface area contributed by atoms with E-state index in [1.54, 1.807) is 42.8 Å². The molecule has 0 aliphatic carbocycles. The van der Waals surface area contributed by atoms with Gasteiger partial charge in [0.15, 0.2) is 11.8 Å². The topological polar surface area (TPSA) is 170 Å². The largest absolute Gasteiger partial charge is 0.370 e. The predicted octanol–water partition coefficient (Wildman–Crippen LogP) is 3.33. The van der Waals surface area contributed by atoms with Crippen LogP contribution in [0.15, 0.2) is 57.3 Å². The number of aromatic nitrogens is 3. The number of H-pyrrole nitrogens is 1. The molecule has 10 nitrogen and oxygen atoms in total. The van der Waals surface area contributed by atoms with Gasteiger partial charge in [0, 0.05) is 47.4 Å². The Balaban J connectivity index is 1.60. The molecular weight excluding hydrogens is 579 g/mol. The second-order valence-corrected chi connectivity index (χ2v) is 12.0. The summed E-state index contributed by atoms with van der Waals surface area (Å²) in [7, 11) is -1.30. The van der Waals surface area contributed by atoms with Gasteiger partial charge >= 0.3 is 5.69 Å². The van der Waals surface area contributed by atoms with Crippen molar-refractivity contribution in [2.24, 2.45) is 22.2 Å². The van der Waals surface area contributed by atoms with Crippen LogP contribution in [0.4, 0.5) is 4.39 Å². The summed E-state index contributed by atoms with van der Waals surface area (Å²) in [5, 5.41) is 3.93. The van der Waals surface area contributed by atoms with E-state index in [1.807, 2.05) is 13.0 Å². The molecule has 13 heteroatoms. The lowest BCUT2D eigenvalue weighted by Crippen LogP contribution is -2.23. The smallest absolute Gasteiger partial charge is 0.354 e. The van der Waals surface area contributed by atoms with Crippen molar-refractivity contribution in [3.05, 3.63) is 75.0 Å². The molecule has 0 aliphatic rings. The van der Waals surface area contributed by atoms with E-state index < -0.39 is 22.3 Å². The third-order valence-corrected chi connectivity index (χ3v) is 8.05. The molecule has 4 aromatic rings. The third kappa shape index (κ3) is 7.82. The Morgan fingerprint density at radius 2 is 2.02 bits per heavy atom. The number of nitrogens with zero attached hydrogens (tertiary/aromatic N) is 3. The van der Waals surface area contributed by atoms with Crippen molar-refractivity contribution in [2.45, 2.75) is 50.1 Å². The maximum atomic E-state index is 15.1. The maximum absolute atomic E-state index is 15.1. The van der Waals surface area contributed by atoms with E-state index in [0.717, 1.165) is 30.4 Å². The number of aryl methyl sites for hydroxylation is 1. The highest BCUT2D eigenvalue weighted by Crippen LogP contribution is 2.31. The molecule has 2 unspecified atom stereocenters. The number of nitrogens with one attached hydrogen (secondary N) is 2. The van der Waals surface area contributed by atoms with E-state index in [4.69, 9.17) is 28.8 Å². The molecule has 8 N–H and O–H groups in total. The van der Waals surface area contributed by atoms with Crippen molar-refractivity contribution < 1.29 is 8.60 Å². The van der Waals surface area contributed by atoms with Gasteiger partial charge in [-0.1, -0.05) is 17.7 Å². The normalized spacial score (nSPS) is 12.9. The van der Waals surface area contributed by atoms with Gasteiger partial charge < -0.3 is 27.5 Å². The van der Waals surface area contributed by atoms with Gasteiger partial charge in [0.1, 0.15) is 5.65 Å². The van der Waals surface area contributed by atoms with Crippen LogP contribution in [0, 0.1) is 5.82 Å². The summed E-state index contributed by atoms with van der Waals surface area (Å²) in [5.74, 6) is -0.493. The lowest BCUT2D eigenvalue weighted by atomic mass is 10.0. The zero-order valence-electron chi connectivity index (χ0n) is 23.6. The lowest BCUT2D eigenvalue weighted by molar-refractivity contribution is 0.618. The minimum Gasteiger partial charge on any atom is -0.370 e. The van der Waals surface area contributed by atoms with Crippen LogP contribution in [0.25, 0.3) is 28.0 Å². The summed E-state index contributed by atoms with van der Waals surface area (Å²) in [6.07, 6.45) is 6.38. The molecule has 0 saturated heterocycles. The van der Waals surface area contributed by atoms with Crippen LogP contribution in [-0.4, -0.2) is 50.1 Å². The van der Waals surface area contributed by atoms with E-state index in [-0.39, 0.29) is 17.0 Å². The highest BCUT2D eigenvalue weighted by Gasteiger charge is 2.16. The number of aliphatic imine (C=N–C) groups is 1. The molecular formula is C29H36ClFN8O2S. The molecule has 0 bridgehead atoms. The van der Waals surface area contributed by atoms with Crippen LogP contribution in [0.3, 0.4) is 0 Å². The molecule has 0 spiro atoms. The van der Waals surface area contributed by atoms with Crippen molar-refractivity contribution in [1.82, 2.24) is 19.9 Å². The van der Waals surface area contributed by atoms with Gasteiger partial charge in [0.05, 0.1) is 27.2 Å². The number of nitrogens with two attached hydrogens (primary N) is 3. The molecule has 0 amide bonds. The second-order valence-electron chi connectivity index (χ2n) is 10.3. The number of fused-ring (bicyclic) bond motifs is 1. The first-order valence-corrected chi connectivity index (χ1v) is 15.6. The number of guanidine groups is 1. The van der Waals surface area contributed by atoms with Crippen molar-refractivity contribution in [3.63, 3.8) is 0 Å². The van der Waals surface area contributed by atoms with Crippen LogP contribution in [0.1, 0.15) is 37.3 Å². The van der Waals surface area contributed by atoms with Gasteiger partial charge in [0.25, 0.3) is 0 Å². The molecule has 0 radical (unpaired) electrons. The fraction of sp³-hybridized carbons (Fsp3) is 0.345. The molecule has 0 fully saturated rings. The molecule has 0 aliphatic heterocycles. The fourth-order valence-electron chi connectivity index (χ4n) is 4.68. The monoisotopic (exact) mass is 614 g/mol. The molecule has 2 atom stereocenters. The molecule has 224 valence electrons. The van der Waals surface area contributed by atoms with Gasteiger partial charge in [-0.2, -0.15) is 4.98 Å². The molecule has 2 aromatic heterocycles. The Bertz CT molecular complexity index is 1680. The number of rotatable bonds is 13. The molecule has 2 heterocycles. The Kier molecular flexibility index (Phi) is 10.5. The number of benzene rings is 2. The second kappa shape index (κ2) is 14.1. The van der Waals surface area contributed by atoms with E-state index in [0.29, 0.717) is 58.9 Å². The number of hydrogen-bond donors (Lipinski definition) is 5. The van der Waals surface area contributed by atoms with E-state index in [9.17, 15) is 9.00 Å². The predicted molar refractivity (Wildman–Crippen MR) is 168 cm³/mol. The minimum atomic E-state index is -1.30. The number of halogens is 2. The van der Waals surface area contributed by atoms with Gasteiger partial charge in [-0.05, 0) is 80.6 Å². The SMILES string of the molecule is CC(N)CCCc1cc(Cl)c(F)c(-c2cc3cn(-c4ccc(CNCCCN=C(N)N)c(S(C)=O)c4)c(=O)nc3[nH]2)c1. The summed E-state index contributed by atoms with van der Waals surface area (Å²) in [6.45, 7) is 3.62. The van der Waals surface area contributed by atoms with Crippen molar-refractivity contribution in [3.8, 4) is 16.9 Å². The zero-order valence-corrected chi connectivity index (χ0v) is 25.2. The average Bonchev–Trinajstić information content (AvgIpc) is 3.34. The van der Waals surface area contributed by atoms with E-state index in [2.05, 4.69) is 20.3 Å². The standard InChI is InChI=1S/C29H36ClFN8O2S/c1-17(32)5-3-6-18-11-22(26(31)23(30)12-18)24-13-20-16-39(29(40)38-27(20)37-24)21-8-7-19(25(14-21)42(2)41)15-35-9-4-10-36-28(33)34/h7-8,11-14,16-17,35H,3-6,9-10,15,32H2,1-2H3,(H4,33,34,36)(H,37,38,40). The first-order valence-electron chi connectivity index (χ1n) is 13.6. The number of aromatic amines is 1. The van der Waals surface area contributed by atoms with Crippen LogP contribution < -0.4 is 28.2 Å². The maximum Gasteiger partial charge on any atom is 0.354 e. The average molecular weight is 615 g/mol. The van der Waals surface area contributed by atoms with E-state index in [1.165, 1.54) is 4.57 Å². The quantitative estimate of drug-likeness (QED) is 0.0873. The van der Waals surface area contributed by atoms with Crippen LogP contribution in [-0.2, 0) is 23.8 Å². The third-order valence-electron chi connectivity index (χ3n) is 6.77. The summed E-state index contributed by atoms with van der Waals surface area (Å²) in [5.41, 5.74) is 19.4. The Labute approximate surface area is 251 Å². The molecule has 4 rings (SSSR count). The fourth-order valence-corrected chi connectivity index (χ4v) is 5.72. The summed E-state index contributed by atoms with van der Waals surface area (Å²) in [4.78, 5) is 24.8. The van der Waals surface area contributed by atoms with E-state index >= 15 is 4.39 Å². The van der Waals surface area contributed by atoms with Crippen LogP contribution in [0.2, 0.25) is 5.02 Å². The van der Waals surface area contributed by atoms with Gasteiger partial charge in [-0.3, -0.25) is 13.8 Å². The Morgan fingerprint density at radius 3 is 2.74 bits per heavy atom. The highest BCUT2D eigenvalue weighted by atomic mass is 35.5. The van der Waals surface area contributed by atoms with Crippen molar-refractivity contribution >= 4 is 39.4 Å². The molecule has 0 saturated carbocycles. The molecule has 42 heavy (non-hydrogen) atoms. The lowest BCUT2D eigenvalue weighted by Gasteiger charge is -2.12. The van der Waals surface area contributed by atoms with Crippen molar-refractivity contribution in [1.29, 1.82) is 0 Å². The zero-order chi connectivity index (χ0) is 30.4. The van der Waals surface area contributed by atoms with Gasteiger partial charge in [0.2, 0.25) is 0 Å². The van der Waals surface area contributed by atoms with Crippen molar-refractivity contribution in [2.75, 3.05) is 19.3 Å². The minimum absolute atomic E-state index is 0.0259. The Hall–Kier alpha value is -3.58. The van der Waals surface area contributed by atoms with Gasteiger partial charge in [-0.15, -0.1) is 0 Å². The summed E-state index contributed by atoms with van der Waals surface area (Å²) in [6, 6.07) is 10.5.